The van der Waals surface area contributed by atoms with Crippen molar-refractivity contribution in [1.82, 2.24) is 35.1 Å². The van der Waals surface area contributed by atoms with Gasteiger partial charge < -0.3 is 87.4 Å². The van der Waals surface area contributed by atoms with Crippen molar-refractivity contribution in [2.75, 3.05) is 32.0 Å². The number of halogens is 6. The first-order valence-corrected chi connectivity index (χ1v) is 22.3. The standard InChI is InChI=1S/C38H57N9O12.2C2HF3O2/c1-3-46-23-10-5-19(13-24(23)47(4-2)29(46)14-41-38(59)30-35(39)44-36-22(43-30)11-12-40-36)37(58)42-20-6-8-21(9-7-20)45(15-25(50)31(54)33(56)27(52)17-48)16-26(51)32(55)34(57)28(53)18-49;2*3-2(4,5)1(6)7/h5,10-13,20-21,25-28,31-34,48-57H,3-4,6-9,14-18H2,1-2H3,(H4-,39,40,41,42,43,44,58,59);2*(H,6,7)/t20-,21+,25-,26-,27+,28+,31+,32+,33+,34+;;/m0../s1. The van der Waals surface area contributed by atoms with Crippen LogP contribution in [0.2, 0.25) is 0 Å². The third kappa shape index (κ3) is 16.6. The van der Waals surface area contributed by atoms with Gasteiger partial charge in [-0.3, -0.25) is 14.5 Å². The smallest absolute Gasteiger partial charge is 0.490 e. The van der Waals surface area contributed by atoms with Crippen LogP contribution in [-0.2, 0) is 29.2 Å². The number of aromatic nitrogens is 5. The van der Waals surface area contributed by atoms with Crippen LogP contribution in [0.5, 0.6) is 0 Å². The highest BCUT2D eigenvalue weighted by Crippen LogP contribution is 2.26. The average molecular weight is 1060 g/mol. The number of nitrogens with one attached hydrogen (secondary N) is 3. The zero-order chi connectivity index (χ0) is 55.3. The Morgan fingerprint density at radius 3 is 1.78 bits per heavy atom. The Hall–Kier alpha value is -5.87. The molecule has 410 valence electrons. The number of aromatic amines is 1. The minimum absolute atomic E-state index is 0.00395. The van der Waals surface area contributed by atoms with Crippen molar-refractivity contribution in [3.63, 3.8) is 0 Å². The fraction of sp³-hybridized carbons (Fsp3) is 0.595. The van der Waals surface area contributed by atoms with Gasteiger partial charge in [-0.05, 0) is 57.7 Å². The summed E-state index contributed by atoms with van der Waals surface area (Å²) in [6, 6.07) is 6.42. The van der Waals surface area contributed by atoms with Crippen molar-refractivity contribution in [3.8, 4) is 0 Å². The molecular formula is C42H59F6N9O16. The fourth-order valence-electron chi connectivity index (χ4n) is 7.77. The third-order valence-electron chi connectivity index (χ3n) is 11.6. The fourth-order valence-corrected chi connectivity index (χ4v) is 7.77. The van der Waals surface area contributed by atoms with Crippen LogP contribution in [0.4, 0.5) is 32.2 Å². The number of aryl methyl sites for hydroxylation is 2. The van der Waals surface area contributed by atoms with E-state index in [0.29, 0.717) is 55.5 Å². The maximum Gasteiger partial charge on any atom is 0.490 e. The van der Waals surface area contributed by atoms with Gasteiger partial charge in [0.25, 0.3) is 17.6 Å². The lowest BCUT2D eigenvalue weighted by Crippen LogP contribution is -2.56. The van der Waals surface area contributed by atoms with Crippen LogP contribution >= 0.6 is 0 Å². The number of hydrogen-bond acceptors (Lipinski definition) is 19. The Morgan fingerprint density at radius 1 is 0.822 bits per heavy atom. The maximum absolute atomic E-state index is 13.7. The second kappa shape index (κ2) is 26.9. The molecular weight excluding hydrogens is 1000 g/mol. The van der Waals surface area contributed by atoms with Gasteiger partial charge in [-0.1, -0.05) is 0 Å². The summed E-state index contributed by atoms with van der Waals surface area (Å²) >= 11 is 0. The molecule has 3 heterocycles. The van der Waals surface area contributed by atoms with Crippen molar-refractivity contribution in [2.24, 2.45) is 0 Å². The highest BCUT2D eigenvalue weighted by molar-refractivity contribution is 5.98. The van der Waals surface area contributed by atoms with Crippen LogP contribution in [0.15, 0.2) is 30.5 Å². The molecule has 1 aliphatic carbocycles. The molecule has 1 aliphatic rings. The minimum atomic E-state index is -5.19. The largest absolute Gasteiger partial charge is 0.542 e. The summed E-state index contributed by atoms with van der Waals surface area (Å²) < 4.78 is 67.4. The lowest BCUT2D eigenvalue weighted by molar-refractivity contribution is -0.676. The van der Waals surface area contributed by atoms with Gasteiger partial charge in [-0.2, -0.15) is 26.3 Å². The molecule has 0 radical (unpaired) electrons. The molecule has 3 aromatic heterocycles. The average Bonchev–Trinajstić information content (AvgIpc) is 3.93. The number of fused-ring (bicyclic) bond motifs is 2. The molecule has 1 saturated carbocycles. The number of carbonyl (C=O) groups excluding carboxylic acids is 3. The summed E-state index contributed by atoms with van der Waals surface area (Å²) in [4.78, 5) is 57.6. The summed E-state index contributed by atoms with van der Waals surface area (Å²) in [5, 5.41) is 123. The number of anilines is 1. The predicted octanol–water partition coefficient (Wildman–Crippen LogP) is -4.10. The van der Waals surface area contributed by atoms with Gasteiger partial charge in [0.1, 0.15) is 54.7 Å². The Morgan fingerprint density at radius 2 is 1.33 bits per heavy atom. The summed E-state index contributed by atoms with van der Waals surface area (Å²) in [6.45, 7) is 2.72. The van der Waals surface area contributed by atoms with Crippen LogP contribution in [0, 0.1) is 0 Å². The van der Waals surface area contributed by atoms with Crippen LogP contribution in [0.1, 0.15) is 66.2 Å². The van der Waals surface area contributed by atoms with Crippen LogP contribution in [-0.4, -0.2) is 204 Å². The van der Waals surface area contributed by atoms with Crippen molar-refractivity contribution < 1.29 is 111 Å². The number of amides is 2. The van der Waals surface area contributed by atoms with Crippen LogP contribution < -0.4 is 26.0 Å². The Bertz CT molecular complexity index is 2400. The number of hydrogen-bond donors (Lipinski definition) is 15. The molecule has 0 bridgehead atoms. The Labute approximate surface area is 409 Å². The number of aliphatic carboxylic acids is 2. The molecule has 25 nitrogen and oxygen atoms in total. The van der Waals surface area contributed by atoms with E-state index in [1.54, 1.807) is 24.4 Å². The zero-order valence-corrected chi connectivity index (χ0v) is 39.0. The summed E-state index contributed by atoms with van der Waals surface area (Å²) in [5.74, 6) is -5.77. The number of H-pyrrole nitrogens is 1. The molecule has 0 spiro atoms. The highest BCUT2D eigenvalue weighted by Gasteiger charge is 2.39. The van der Waals surface area contributed by atoms with Crippen molar-refractivity contribution >= 4 is 51.8 Å². The van der Waals surface area contributed by atoms with Gasteiger partial charge in [-0.15, -0.1) is 0 Å². The monoisotopic (exact) mass is 1060 g/mol. The number of nitrogen functional groups attached to an aromatic ring is 1. The molecule has 1 aromatic carbocycles. The Kier molecular flexibility index (Phi) is 22.6. The number of carbonyl (C=O) groups is 4. The summed E-state index contributed by atoms with van der Waals surface area (Å²) in [7, 11) is 0. The molecule has 1 fully saturated rings. The van der Waals surface area contributed by atoms with Gasteiger partial charge in [-0.25, -0.2) is 23.9 Å². The van der Waals surface area contributed by atoms with Gasteiger partial charge in [0.05, 0.1) is 38.5 Å². The number of aliphatic hydroxyl groups excluding tert-OH is 10. The molecule has 31 heteroatoms. The van der Waals surface area contributed by atoms with E-state index in [1.807, 2.05) is 24.5 Å². The molecule has 16 N–H and O–H groups in total. The maximum atomic E-state index is 13.7. The highest BCUT2D eigenvalue weighted by atomic mass is 19.4. The molecule has 2 amide bonds. The van der Waals surface area contributed by atoms with E-state index in [1.165, 1.54) is 4.90 Å². The number of aliphatic hydroxyl groups is 10. The van der Waals surface area contributed by atoms with Crippen LogP contribution in [0.25, 0.3) is 22.2 Å². The molecule has 73 heavy (non-hydrogen) atoms. The number of alkyl halides is 6. The molecule has 5 rings (SSSR count). The summed E-state index contributed by atoms with van der Waals surface area (Å²) in [5.41, 5.74) is 9.09. The number of carboxylic acids is 2. The van der Waals surface area contributed by atoms with Crippen LogP contribution in [0.3, 0.4) is 0 Å². The normalized spacial score (nSPS) is 18.5. The van der Waals surface area contributed by atoms with Gasteiger partial charge in [0.15, 0.2) is 28.2 Å². The number of carboxylic acid groups (broad SMARTS) is 2. The van der Waals surface area contributed by atoms with Crippen molar-refractivity contribution in [3.05, 3.63) is 47.5 Å². The zero-order valence-electron chi connectivity index (χ0n) is 39.0. The van der Waals surface area contributed by atoms with E-state index >= 15 is 0 Å². The van der Waals surface area contributed by atoms with Gasteiger partial charge in [0.2, 0.25) is 0 Å². The second-order valence-electron chi connectivity index (χ2n) is 16.6. The number of nitrogens with zero attached hydrogens (tertiary/aromatic N) is 5. The number of rotatable bonds is 20. The lowest BCUT2D eigenvalue weighted by Gasteiger charge is -2.40. The first-order chi connectivity index (χ1) is 34.0. The number of nitrogens with two attached hydrogens (primary N) is 1. The van der Waals surface area contributed by atoms with E-state index < -0.39 is 92.2 Å². The quantitative estimate of drug-likeness (QED) is 0.0295. The van der Waals surface area contributed by atoms with E-state index in [2.05, 4.69) is 30.2 Å². The molecule has 0 aliphatic heterocycles. The van der Waals surface area contributed by atoms with E-state index in [-0.39, 0.29) is 49.1 Å². The topological polar surface area (TPSA) is 418 Å². The number of imidazole rings is 1. The second-order valence-corrected chi connectivity index (χ2v) is 16.6. The van der Waals surface area contributed by atoms with Gasteiger partial charge in [0, 0.05) is 43.0 Å². The number of benzene rings is 1. The molecule has 0 unspecified atom stereocenters. The van der Waals surface area contributed by atoms with E-state index in [4.69, 9.17) is 25.5 Å². The summed E-state index contributed by atoms with van der Waals surface area (Å²) in [6.07, 6.45) is -21.3. The molecule has 8 atom stereocenters. The van der Waals surface area contributed by atoms with E-state index in [9.17, 15) is 87.0 Å². The van der Waals surface area contributed by atoms with Crippen molar-refractivity contribution in [2.45, 2.75) is 132 Å². The molecule has 4 aromatic rings. The first kappa shape index (κ1) is 61.4. The predicted molar refractivity (Wildman–Crippen MR) is 235 cm³/mol. The Balaban J connectivity index is 0.000000878. The lowest BCUT2D eigenvalue weighted by atomic mass is 9.89. The molecule has 0 saturated heterocycles. The van der Waals surface area contributed by atoms with Gasteiger partial charge >= 0.3 is 18.3 Å². The van der Waals surface area contributed by atoms with Crippen molar-refractivity contribution in [1.29, 1.82) is 0 Å². The van der Waals surface area contributed by atoms with E-state index in [0.717, 1.165) is 16.9 Å². The third-order valence-corrected chi connectivity index (χ3v) is 11.6. The first-order valence-electron chi connectivity index (χ1n) is 22.3. The SMILES string of the molecule is CCn1c(CNC(=O)c2nc3cc[nH]c3nc2N)[n+](CC)c2ccc(C(=O)N[C@H]3CC[C@@H](N(C[C@H](O)[C@@H](O)[C@H](O)[C@H](O)CO)C[C@H](O)[C@@H](O)[C@H](O)[C@H](O)CO)CC3)cc21.O=C(O)C(F)(F)F.O=C([O-])C(F)(F)F. The minimum Gasteiger partial charge on any atom is -0.542 e.